The summed E-state index contributed by atoms with van der Waals surface area (Å²) in [7, 11) is -3.62. The van der Waals surface area contributed by atoms with Gasteiger partial charge >= 0.3 is 0 Å². The molecule has 21 heavy (non-hydrogen) atoms. The summed E-state index contributed by atoms with van der Waals surface area (Å²) in [6.45, 7) is 4.19. The van der Waals surface area contributed by atoms with Crippen LogP contribution >= 0.6 is 27.3 Å². The number of rotatable bonds is 5. The lowest BCUT2D eigenvalue weighted by Gasteiger charge is -2.11. The molecule has 114 valence electrons. The summed E-state index contributed by atoms with van der Waals surface area (Å²) >= 11 is 4.77. The summed E-state index contributed by atoms with van der Waals surface area (Å²) in [5.41, 5.74) is 8.11. The zero-order valence-electron chi connectivity index (χ0n) is 11.7. The number of thiazole rings is 1. The van der Waals surface area contributed by atoms with E-state index in [1.54, 1.807) is 6.07 Å². The van der Waals surface area contributed by atoms with E-state index in [0.717, 1.165) is 21.8 Å². The molecule has 0 amide bonds. The Morgan fingerprint density at radius 3 is 2.67 bits per heavy atom. The summed E-state index contributed by atoms with van der Waals surface area (Å²) in [5, 5.41) is 2.62. The van der Waals surface area contributed by atoms with Gasteiger partial charge in [-0.15, -0.1) is 11.3 Å². The van der Waals surface area contributed by atoms with Crippen LogP contribution in [-0.2, 0) is 23.1 Å². The molecule has 2 aromatic rings. The van der Waals surface area contributed by atoms with E-state index in [0.29, 0.717) is 11.0 Å². The minimum absolute atomic E-state index is 0.180. The fourth-order valence-corrected chi connectivity index (χ4v) is 4.70. The number of nitrogens with two attached hydrogens (primary N) is 1. The van der Waals surface area contributed by atoms with Gasteiger partial charge in [0.1, 0.15) is 5.01 Å². The van der Waals surface area contributed by atoms with Gasteiger partial charge in [-0.3, -0.25) is 0 Å². The Hall–Kier alpha value is -0.800. The SMILES string of the molecule is Cc1csc(CNS(=O)(=O)c2cc(CN)cc(C)c2Br)n1. The van der Waals surface area contributed by atoms with Crippen molar-refractivity contribution < 1.29 is 8.42 Å². The average molecular weight is 390 g/mol. The number of nitrogens with zero attached hydrogens (tertiary/aromatic N) is 1. The van der Waals surface area contributed by atoms with E-state index < -0.39 is 10.0 Å². The van der Waals surface area contributed by atoms with E-state index in [1.807, 2.05) is 25.3 Å². The van der Waals surface area contributed by atoms with Gasteiger partial charge in [0, 0.05) is 22.1 Å². The summed E-state index contributed by atoms with van der Waals surface area (Å²) < 4.78 is 28.0. The first kappa shape index (κ1) is 16.6. The number of halogens is 1. The van der Waals surface area contributed by atoms with Crippen molar-refractivity contribution >= 4 is 37.3 Å². The minimum atomic E-state index is -3.62. The fourth-order valence-electron chi connectivity index (χ4n) is 1.84. The van der Waals surface area contributed by atoms with Gasteiger partial charge in [-0.1, -0.05) is 6.07 Å². The van der Waals surface area contributed by atoms with Crippen LogP contribution in [0.15, 0.2) is 26.9 Å². The van der Waals surface area contributed by atoms with E-state index in [1.165, 1.54) is 11.3 Å². The van der Waals surface area contributed by atoms with Gasteiger partial charge in [0.05, 0.1) is 11.4 Å². The molecule has 0 radical (unpaired) electrons. The lowest BCUT2D eigenvalue weighted by atomic mass is 10.1. The van der Waals surface area contributed by atoms with Gasteiger partial charge in [-0.2, -0.15) is 0 Å². The molecule has 2 rings (SSSR count). The Morgan fingerprint density at radius 1 is 1.38 bits per heavy atom. The average Bonchev–Trinajstić information content (AvgIpc) is 2.85. The number of nitrogens with one attached hydrogen (secondary N) is 1. The highest BCUT2D eigenvalue weighted by molar-refractivity contribution is 9.10. The van der Waals surface area contributed by atoms with Crippen LogP contribution in [0.5, 0.6) is 0 Å². The molecule has 1 heterocycles. The van der Waals surface area contributed by atoms with Crippen molar-refractivity contribution in [2.24, 2.45) is 5.73 Å². The summed E-state index contributed by atoms with van der Waals surface area (Å²) in [6, 6.07) is 3.46. The number of aromatic nitrogens is 1. The molecular formula is C13H16BrN3O2S2. The van der Waals surface area contributed by atoms with Gasteiger partial charge in [0.2, 0.25) is 10.0 Å². The van der Waals surface area contributed by atoms with Crippen LogP contribution in [0.1, 0.15) is 21.8 Å². The fraction of sp³-hybridized carbons (Fsp3) is 0.308. The van der Waals surface area contributed by atoms with Crippen molar-refractivity contribution in [2.45, 2.75) is 31.8 Å². The van der Waals surface area contributed by atoms with Crippen molar-refractivity contribution in [3.63, 3.8) is 0 Å². The molecular weight excluding hydrogens is 374 g/mol. The Morgan fingerprint density at radius 2 is 2.10 bits per heavy atom. The summed E-state index contributed by atoms with van der Waals surface area (Å²) in [4.78, 5) is 4.45. The normalized spacial score (nSPS) is 11.8. The second kappa shape index (κ2) is 6.53. The molecule has 0 saturated heterocycles. The molecule has 5 nitrogen and oxygen atoms in total. The maximum Gasteiger partial charge on any atom is 0.242 e. The van der Waals surface area contributed by atoms with E-state index in [9.17, 15) is 8.42 Å². The maximum atomic E-state index is 12.4. The lowest BCUT2D eigenvalue weighted by molar-refractivity contribution is 0.580. The molecule has 0 aliphatic heterocycles. The molecule has 0 aliphatic rings. The summed E-state index contributed by atoms with van der Waals surface area (Å²) in [6.07, 6.45) is 0. The molecule has 0 fully saturated rings. The number of aryl methyl sites for hydroxylation is 2. The Kier molecular flexibility index (Phi) is 5.15. The van der Waals surface area contributed by atoms with Crippen molar-refractivity contribution in [2.75, 3.05) is 0 Å². The molecule has 0 spiro atoms. The van der Waals surface area contributed by atoms with Crippen LogP contribution in [0.2, 0.25) is 0 Å². The van der Waals surface area contributed by atoms with Gasteiger partial charge in [-0.25, -0.2) is 18.1 Å². The number of hydrogen-bond donors (Lipinski definition) is 2. The highest BCUT2D eigenvalue weighted by Gasteiger charge is 2.20. The molecule has 1 aromatic carbocycles. The predicted octanol–water partition coefficient (Wildman–Crippen LogP) is 2.46. The molecule has 0 atom stereocenters. The smallest absolute Gasteiger partial charge is 0.242 e. The van der Waals surface area contributed by atoms with Gasteiger partial charge in [0.25, 0.3) is 0 Å². The molecule has 0 unspecified atom stereocenters. The van der Waals surface area contributed by atoms with Crippen LogP contribution < -0.4 is 10.5 Å². The Bertz CT molecular complexity index is 757. The molecule has 0 aliphatic carbocycles. The third-order valence-electron chi connectivity index (χ3n) is 2.89. The van der Waals surface area contributed by atoms with Crippen LogP contribution in [0.4, 0.5) is 0 Å². The Labute approximate surface area is 136 Å². The maximum absolute atomic E-state index is 12.4. The first-order valence-corrected chi connectivity index (χ1v) is 9.39. The number of sulfonamides is 1. The second-order valence-corrected chi connectivity index (χ2v) is 8.11. The van der Waals surface area contributed by atoms with E-state index in [-0.39, 0.29) is 11.4 Å². The summed E-state index contributed by atoms with van der Waals surface area (Å²) in [5.74, 6) is 0. The topological polar surface area (TPSA) is 85.1 Å². The van der Waals surface area contributed by atoms with Crippen LogP contribution in [0, 0.1) is 13.8 Å². The number of hydrogen-bond acceptors (Lipinski definition) is 5. The first-order chi connectivity index (χ1) is 9.83. The molecule has 1 aromatic heterocycles. The molecule has 8 heteroatoms. The zero-order valence-corrected chi connectivity index (χ0v) is 14.9. The van der Waals surface area contributed by atoms with Crippen LogP contribution in [0.3, 0.4) is 0 Å². The highest BCUT2D eigenvalue weighted by atomic mass is 79.9. The first-order valence-electron chi connectivity index (χ1n) is 6.23. The van der Waals surface area contributed by atoms with Crippen molar-refractivity contribution in [1.82, 2.24) is 9.71 Å². The Balaban J connectivity index is 2.29. The minimum Gasteiger partial charge on any atom is -0.326 e. The van der Waals surface area contributed by atoms with Crippen molar-refractivity contribution in [3.8, 4) is 0 Å². The third kappa shape index (κ3) is 3.89. The molecule has 0 saturated carbocycles. The molecule has 3 N–H and O–H groups in total. The van der Waals surface area contributed by atoms with Crippen molar-refractivity contribution in [3.05, 3.63) is 43.8 Å². The van der Waals surface area contributed by atoms with Gasteiger partial charge in [-0.05, 0) is 47.0 Å². The zero-order chi connectivity index (χ0) is 15.6. The highest BCUT2D eigenvalue weighted by Crippen LogP contribution is 2.27. The standard InChI is InChI=1S/C13H16BrN3O2S2/c1-8-3-10(5-15)4-11(13(8)14)21(18,19)16-6-12-17-9(2)7-20-12/h3-4,7,16H,5-6,15H2,1-2H3. The van der Waals surface area contributed by atoms with E-state index >= 15 is 0 Å². The number of benzene rings is 1. The molecule has 0 bridgehead atoms. The largest absolute Gasteiger partial charge is 0.326 e. The lowest BCUT2D eigenvalue weighted by Crippen LogP contribution is -2.24. The second-order valence-electron chi connectivity index (χ2n) is 4.64. The third-order valence-corrected chi connectivity index (χ3v) is 6.59. The monoisotopic (exact) mass is 389 g/mol. The van der Waals surface area contributed by atoms with Crippen LogP contribution in [0.25, 0.3) is 0 Å². The van der Waals surface area contributed by atoms with Gasteiger partial charge in [0.15, 0.2) is 0 Å². The van der Waals surface area contributed by atoms with Gasteiger partial charge < -0.3 is 5.73 Å². The predicted molar refractivity (Wildman–Crippen MR) is 87.6 cm³/mol. The van der Waals surface area contributed by atoms with Crippen LogP contribution in [-0.4, -0.2) is 13.4 Å². The quantitative estimate of drug-likeness (QED) is 0.822. The van der Waals surface area contributed by atoms with Crippen molar-refractivity contribution in [1.29, 1.82) is 0 Å². The van der Waals surface area contributed by atoms with E-state index in [4.69, 9.17) is 5.73 Å². The van der Waals surface area contributed by atoms with E-state index in [2.05, 4.69) is 25.6 Å².